The predicted molar refractivity (Wildman–Crippen MR) is 69.5 cm³/mol. The van der Waals surface area contributed by atoms with Gasteiger partial charge in [0.15, 0.2) is 0 Å². The zero-order chi connectivity index (χ0) is 14.7. The van der Waals surface area contributed by atoms with E-state index in [1.165, 1.54) is 12.4 Å². The summed E-state index contributed by atoms with van der Waals surface area (Å²) in [7, 11) is 0. The van der Waals surface area contributed by atoms with Crippen molar-refractivity contribution in [3.8, 4) is 11.5 Å². The van der Waals surface area contributed by atoms with Crippen LogP contribution >= 0.6 is 0 Å². The number of hydrogen-bond donors (Lipinski definition) is 0. The molecule has 7 heteroatoms. The van der Waals surface area contributed by atoms with Crippen LogP contribution in [0.25, 0.3) is 11.5 Å². The largest absolute Gasteiger partial charge is 0.415 e. The molecule has 0 unspecified atom stereocenters. The minimum atomic E-state index is -2.79. The highest BCUT2D eigenvalue weighted by molar-refractivity contribution is 5.48. The molecule has 106 valence electrons. The van der Waals surface area contributed by atoms with Crippen molar-refractivity contribution in [2.75, 3.05) is 0 Å². The van der Waals surface area contributed by atoms with Gasteiger partial charge >= 0.3 is 6.43 Å². The molecule has 1 aromatic carbocycles. The molecule has 3 rings (SSSR count). The highest BCUT2D eigenvalue weighted by Crippen LogP contribution is 2.22. The molecular formula is C14H10F2N4O. The zero-order valence-electron chi connectivity index (χ0n) is 10.8. The van der Waals surface area contributed by atoms with Gasteiger partial charge < -0.3 is 4.42 Å². The lowest BCUT2D eigenvalue weighted by molar-refractivity contribution is 0.116. The Kier molecular flexibility index (Phi) is 3.63. The van der Waals surface area contributed by atoms with Crippen molar-refractivity contribution >= 4 is 0 Å². The molecule has 3 aromatic rings. The van der Waals surface area contributed by atoms with E-state index in [0.717, 1.165) is 5.56 Å². The van der Waals surface area contributed by atoms with Crippen LogP contribution in [0.1, 0.15) is 23.7 Å². The van der Waals surface area contributed by atoms with Crippen molar-refractivity contribution in [1.82, 2.24) is 20.2 Å². The molecule has 5 nitrogen and oxygen atoms in total. The third-order valence-corrected chi connectivity index (χ3v) is 2.78. The van der Waals surface area contributed by atoms with Crippen LogP contribution in [-0.4, -0.2) is 20.2 Å². The smallest absolute Gasteiger partial charge is 0.314 e. The second-order valence-electron chi connectivity index (χ2n) is 4.30. The van der Waals surface area contributed by atoms with Gasteiger partial charge in [-0.15, -0.1) is 10.2 Å². The van der Waals surface area contributed by atoms with Crippen LogP contribution < -0.4 is 0 Å². The topological polar surface area (TPSA) is 64.7 Å². The molecule has 0 amide bonds. The van der Waals surface area contributed by atoms with Crippen molar-refractivity contribution in [3.05, 3.63) is 60.0 Å². The van der Waals surface area contributed by atoms with Gasteiger partial charge in [0.05, 0.1) is 5.56 Å². The molecule has 0 aliphatic rings. The minimum absolute atomic E-state index is 0.0171. The molecule has 0 radical (unpaired) electrons. The van der Waals surface area contributed by atoms with E-state index in [0.29, 0.717) is 17.8 Å². The third kappa shape index (κ3) is 3.07. The molecule has 0 bridgehead atoms. The van der Waals surface area contributed by atoms with Crippen molar-refractivity contribution in [2.45, 2.75) is 12.8 Å². The number of benzene rings is 1. The second-order valence-corrected chi connectivity index (χ2v) is 4.30. The molecule has 0 saturated heterocycles. The summed E-state index contributed by atoms with van der Waals surface area (Å²) in [6.45, 7) is 0. The standard InChI is InChI=1S/C14H10F2N4O/c15-12(16)14-20-19-13(21-14)10-7-17-11(18-8-10)6-9-4-2-1-3-5-9/h1-5,7-8,12H,6H2. The summed E-state index contributed by atoms with van der Waals surface area (Å²) in [5.41, 5.74) is 1.49. The van der Waals surface area contributed by atoms with Crippen molar-refractivity contribution < 1.29 is 13.2 Å². The average molecular weight is 288 g/mol. The first-order valence-electron chi connectivity index (χ1n) is 6.19. The molecule has 0 fully saturated rings. The molecule has 2 heterocycles. The van der Waals surface area contributed by atoms with Gasteiger partial charge in [0, 0.05) is 18.8 Å². The van der Waals surface area contributed by atoms with Crippen LogP contribution in [0.3, 0.4) is 0 Å². The molecule has 0 atom stereocenters. The first kappa shape index (κ1) is 13.3. The Labute approximate surface area is 118 Å². The van der Waals surface area contributed by atoms with E-state index >= 15 is 0 Å². The van der Waals surface area contributed by atoms with Gasteiger partial charge in [0.2, 0.25) is 0 Å². The fraction of sp³-hybridized carbons (Fsp3) is 0.143. The molecule has 0 N–H and O–H groups in total. The van der Waals surface area contributed by atoms with E-state index in [2.05, 4.69) is 20.2 Å². The SMILES string of the molecule is FC(F)c1nnc(-c2cnc(Cc3ccccc3)nc2)o1. The maximum atomic E-state index is 12.4. The number of aromatic nitrogens is 4. The lowest BCUT2D eigenvalue weighted by Gasteiger charge is -2.00. The summed E-state index contributed by atoms with van der Waals surface area (Å²) in [5.74, 6) is -0.103. The molecule has 0 aliphatic heterocycles. The summed E-state index contributed by atoms with van der Waals surface area (Å²) < 4.78 is 29.6. The summed E-state index contributed by atoms with van der Waals surface area (Å²) in [4.78, 5) is 8.36. The number of halogens is 2. The first-order chi connectivity index (χ1) is 10.2. The van der Waals surface area contributed by atoms with Gasteiger partial charge in [0.1, 0.15) is 5.82 Å². The Morgan fingerprint density at radius 1 is 1.00 bits per heavy atom. The summed E-state index contributed by atoms with van der Waals surface area (Å²) in [5, 5.41) is 6.80. The van der Waals surface area contributed by atoms with Crippen LogP contribution in [0.15, 0.2) is 47.1 Å². The van der Waals surface area contributed by atoms with E-state index < -0.39 is 12.3 Å². The quantitative estimate of drug-likeness (QED) is 0.738. The van der Waals surface area contributed by atoms with Gasteiger partial charge in [0.25, 0.3) is 11.8 Å². The van der Waals surface area contributed by atoms with Gasteiger partial charge in [-0.2, -0.15) is 8.78 Å². The Morgan fingerprint density at radius 2 is 1.71 bits per heavy atom. The molecule has 0 spiro atoms. The number of rotatable bonds is 4. The fourth-order valence-electron chi connectivity index (χ4n) is 1.77. The first-order valence-corrected chi connectivity index (χ1v) is 6.19. The fourth-order valence-corrected chi connectivity index (χ4v) is 1.77. The summed E-state index contributed by atoms with van der Waals surface area (Å²) in [6.07, 6.45) is 0.763. The Bertz CT molecular complexity index is 713. The number of alkyl halides is 2. The lowest BCUT2D eigenvalue weighted by Crippen LogP contribution is -1.96. The average Bonchev–Trinajstić information content (AvgIpc) is 2.99. The number of nitrogens with zero attached hydrogens (tertiary/aromatic N) is 4. The normalized spacial score (nSPS) is 11.0. The molecule has 0 saturated carbocycles. The van der Waals surface area contributed by atoms with Crippen LogP contribution in [0, 0.1) is 0 Å². The highest BCUT2D eigenvalue weighted by Gasteiger charge is 2.17. The van der Waals surface area contributed by atoms with E-state index in [9.17, 15) is 8.78 Å². The van der Waals surface area contributed by atoms with E-state index in [-0.39, 0.29) is 5.89 Å². The Hall–Kier alpha value is -2.70. The lowest BCUT2D eigenvalue weighted by atomic mass is 10.1. The maximum Gasteiger partial charge on any atom is 0.314 e. The van der Waals surface area contributed by atoms with E-state index in [1.54, 1.807) is 0 Å². The van der Waals surface area contributed by atoms with Crippen molar-refractivity contribution in [2.24, 2.45) is 0 Å². The molecule has 2 aromatic heterocycles. The van der Waals surface area contributed by atoms with Gasteiger partial charge in [-0.05, 0) is 5.56 Å². The van der Waals surface area contributed by atoms with Crippen LogP contribution in [0.5, 0.6) is 0 Å². The maximum absolute atomic E-state index is 12.4. The predicted octanol–water partition coefficient (Wildman–Crippen LogP) is 3.06. The Morgan fingerprint density at radius 3 is 2.33 bits per heavy atom. The summed E-state index contributed by atoms with van der Waals surface area (Å²) in [6, 6.07) is 9.76. The third-order valence-electron chi connectivity index (χ3n) is 2.78. The van der Waals surface area contributed by atoms with Crippen molar-refractivity contribution in [3.63, 3.8) is 0 Å². The van der Waals surface area contributed by atoms with Crippen molar-refractivity contribution in [1.29, 1.82) is 0 Å². The molecule has 0 aliphatic carbocycles. The van der Waals surface area contributed by atoms with Gasteiger partial charge in [-0.25, -0.2) is 9.97 Å². The minimum Gasteiger partial charge on any atom is -0.415 e. The van der Waals surface area contributed by atoms with Gasteiger partial charge in [-0.1, -0.05) is 30.3 Å². The van der Waals surface area contributed by atoms with Crippen LogP contribution in [0.2, 0.25) is 0 Å². The Balaban J connectivity index is 1.77. The van der Waals surface area contributed by atoms with E-state index in [4.69, 9.17) is 4.42 Å². The monoisotopic (exact) mass is 288 g/mol. The number of hydrogen-bond acceptors (Lipinski definition) is 5. The highest BCUT2D eigenvalue weighted by atomic mass is 19.3. The summed E-state index contributed by atoms with van der Waals surface area (Å²) >= 11 is 0. The molecule has 21 heavy (non-hydrogen) atoms. The van der Waals surface area contributed by atoms with Crippen LogP contribution in [0.4, 0.5) is 8.78 Å². The molecular weight excluding hydrogens is 278 g/mol. The van der Waals surface area contributed by atoms with Gasteiger partial charge in [-0.3, -0.25) is 0 Å². The zero-order valence-corrected chi connectivity index (χ0v) is 10.8. The van der Waals surface area contributed by atoms with Crippen LogP contribution in [-0.2, 0) is 6.42 Å². The van der Waals surface area contributed by atoms with E-state index in [1.807, 2.05) is 30.3 Å². The second kappa shape index (κ2) is 5.74.